The summed E-state index contributed by atoms with van der Waals surface area (Å²) in [4.78, 5) is 11.5. The molecule has 1 rings (SSSR count). The number of aliphatic hydroxyl groups excluding tert-OH is 2. The van der Waals surface area contributed by atoms with Crippen LogP contribution in [-0.2, 0) is 4.79 Å². The molecule has 100 valence electrons. The van der Waals surface area contributed by atoms with Crippen molar-refractivity contribution >= 4 is 11.6 Å². The van der Waals surface area contributed by atoms with Crippen molar-refractivity contribution in [3.05, 3.63) is 30.1 Å². The fraction of sp³-hybridized carbons (Fsp3) is 0.417. The van der Waals surface area contributed by atoms with E-state index in [9.17, 15) is 9.18 Å². The zero-order valence-corrected chi connectivity index (χ0v) is 10.1. The first-order valence-electron chi connectivity index (χ1n) is 5.51. The molecule has 0 unspecified atom stereocenters. The van der Waals surface area contributed by atoms with Crippen LogP contribution in [0, 0.1) is 5.82 Å². The van der Waals surface area contributed by atoms with Gasteiger partial charge in [-0.25, -0.2) is 4.39 Å². The standard InChI is InChI=1S/C12H17FN2O3/c1-12(7-16,8-17)14-6-11(18)15-10-4-2-3-9(13)5-10/h2-5,14,16-17H,6-8H2,1H3,(H,15,18). The average molecular weight is 256 g/mol. The van der Waals surface area contributed by atoms with Crippen molar-refractivity contribution in [3.63, 3.8) is 0 Å². The van der Waals surface area contributed by atoms with Gasteiger partial charge >= 0.3 is 0 Å². The van der Waals surface area contributed by atoms with Gasteiger partial charge in [0.2, 0.25) is 5.91 Å². The molecule has 1 aromatic rings. The maximum absolute atomic E-state index is 12.9. The van der Waals surface area contributed by atoms with Crippen LogP contribution in [0.2, 0.25) is 0 Å². The first-order valence-corrected chi connectivity index (χ1v) is 5.51. The van der Waals surface area contributed by atoms with E-state index in [4.69, 9.17) is 10.2 Å². The molecule has 4 N–H and O–H groups in total. The SMILES string of the molecule is CC(CO)(CO)NCC(=O)Nc1cccc(F)c1. The fourth-order valence-corrected chi connectivity index (χ4v) is 1.23. The molecule has 1 aromatic carbocycles. The van der Waals surface area contributed by atoms with Crippen LogP contribution in [0.4, 0.5) is 10.1 Å². The van der Waals surface area contributed by atoms with Gasteiger partial charge in [0.15, 0.2) is 0 Å². The van der Waals surface area contributed by atoms with Crippen LogP contribution in [-0.4, -0.2) is 41.4 Å². The molecule has 0 saturated heterocycles. The number of rotatable bonds is 6. The quantitative estimate of drug-likeness (QED) is 0.582. The lowest BCUT2D eigenvalue weighted by molar-refractivity contribution is -0.115. The van der Waals surface area contributed by atoms with Crippen LogP contribution in [0.1, 0.15) is 6.92 Å². The third-order valence-corrected chi connectivity index (χ3v) is 2.48. The molecule has 0 radical (unpaired) electrons. The van der Waals surface area contributed by atoms with Crippen molar-refractivity contribution in [1.29, 1.82) is 0 Å². The summed E-state index contributed by atoms with van der Waals surface area (Å²) in [6.07, 6.45) is 0. The Bertz CT molecular complexity index is 408. The lowest BCUT2D eigenvalue weighted by Gasteiger charge is -2.25. The highest BCUT2D eigenvalue weighted by Crippen LogP contribution is 2.08. The van der Waals surface area contributed by atoms with Gasteiger partial charge < -0.3 is 15.5 Å². The normalized spacial score (nSPS) is 11.3. The minimum Gasteiger partial charge on any atom is -0.394 e. The molecule has 0 atom stereocenters. The molecule has 0 aromatic heterocycles. The Morgan fingerprint density at radius 1 is 1.39 bits per heavy atom. The van der Waals surface area contributed by atoms with Gasteiger partial charge in [-0.15, -0.1) is 0 Å². The van der Waals surface area contributed by atoms with E-state index in [-0.39, 0.29) is 25.7 Å². The summed E-state index contributed by atoms with van der Waals surface area (Å²) < 4.78 is 12.9. The largest absolute Gasteiger partial charge is 0.394 e. The predicted octanol–water partition coefficient (Wildman–Crippen LogP) is 0.0971. The Morgan fingerprint density at radius 2 is 2.06 bits per heavy atom. The third kappa shape index (κ3) is 4.40. The van der Waals surface area contributed by atoms with E-state index in [1.165, 1.54) is 18.2 Å². The Kier molecular flexibility index (Phi) is 5.21. The van der Waals surface area contributed by atoms with Crippen LogP contribution in [0.5, 0.6) is 0 Å². The summed E-state index contributed by atoms with van der Waals surface area (Å²) in [5.41, 5.74) is -0.560. The molecular weight excluding hydrogens is 239 g/mol. The van der Waals surface area contributed by atoms with E-state index >= 15 is 0 Å². The predicted molar refractivity (Wildman–Crippen MR) is 65.6 cm³/mol. The van der Waals surface area contributed by atoms with E-state index in [2.05, 4.69) is 10.6 Å². The smallest absolute Gasteiger partial charge is 0.238 e. The van der Waals surface area contributed by atoms with Crippen molar-refractivity contribution in [2.45, 2.75) is 12.5 Å². The van der Waals surface area contributed by atoms with Gasteiger partial charge in [0, 0.05) is 5.69 Å². The van der Waals surface area contributed by atoms with Gasteiger partial charge in [0.1, 0.15) is 5.82 Å². The summed E-state index contributed by atoms with van der Waals surface area (Å²) in [7, 11) is 0. The molecule has 0 heterocycles. The molecule has 0 bridgehead atoms. The summed E-state index contributed by atoms with van der Waals surface area (Å²) in [6, 6.07) is 5.54. The summed E-state index contributed by atoms with van der Waals surface area (Å²) >= 11 is 0. The second kappa shape index (κ2) is 6.44. The molecule has 0 aliphatic carbocycles. The van der Waals surface area contributed by atoms with Gasteiger partial charge in [-0.3, -0.25) is 10.1 Å². The zero-order valence-electron chi connectivity index (χ0n) is 10.1. The number of amides is 1. The van der Waals surface area contributed by atoms with Crippen molar-refractivity contribution < 1.29 is 19.4 Å². The highest BCUT2D eigenvalue weighted by Gasteiger charge is 2.22. The number of halogens is 1. The lowest BCUT2D eigenvalue weighted by atomic mass is 10.1. The van der Waals surface area contributed by atoms with Crippen molar-refractivity contribution in [2.75, 3.05) is 25.1 Å². The summed E-state index contributed by atoms with van der Waals surface area (Å²) in [5.74, 6) is -0.815. The minimum atomic E-state index is -0.917. The molecule has 0 aliphatic rings. The number of anilines is 1. The van der Waals surface area contributed by atoms with E-state index in [1.54, 1.807) is 13.0 Å². The van der Waals surface area contributed by atoms with Gasteiger partial charge in [-0.1, -0.05) is 6.07 Å². The highest BCUT2D eigenvalue weighted by atomic mass is 19.1. The molecule has 5 nitrogen and oxygen atoms in total. The maximum Gasteiger partial charge on any atom is 0.238 e. The number of nitrogens with one attached hydrogen (secondary N) is 2. The van der Waals surface area contributed by atoms with Crippen LogP contribution in [0.25, 0.3) is 0 Å². The van der Waals surface area contributed by atoms with Gasteiger partial charge in [-0.05, 0) is 25.1 Å². The molecule has 0 fully saturated rings. The average Bonchev–Trinajstić information content (AvgIpc) is 2.36. The molecule has 18 heavy (non-hydrogen) atoms. The number of benzene rings is 1. The second-order valence-electron chi connectivity index (χ2n) is 4.29. The van der Waals surface area contributed by atoms with E-state index in [0.717, 1.165) is 0 Å². The van der Waals surface area contributed by atoms with E-state index < -0.39 is 11.4 Å². The highest BCUT2D eigenvalue weighted by molar-refractivity contribution is 5.92. The fourth-order valence-electron chi connectivity index (χ4n) is 1.23. The Balaban J connectivity index is 2.47. The van der Waals surface area contributed by atoms with Crippen LogP contribution in [0.3, 0.4) is 0 Å². The van der Waals surface area contributed by atoms with Crippen LogP contribution < -0.4 is 10.6 Å². The van der Waals surface area contributed by atoms with E-state index in [0.29, 0.717) is 5.69 Å². The van der Waals surface area contributed by atoms with Gasteiger partial charge in [0.05, 0.1) is 25.3 Å². The van der Waals surface area contributed by atoms with Crippen molar-refractivity contribution in [2.24, 2.45) is 0 Å². The van der Waals surface area contributed by atoms with Crippen molar-refractivity contribution in [1.82, 2.24) is 5.32 Å². The third-order valence-electron chi connectivity index (χ3n) is 2.48. The Morgan fingerprint density at radius 3 is 2.61 bits per heavy atom. The number of hydrogen-bond acceptors (Lipinski definition) is 4. The van der Waals surface area contributed by atoms with Crippen LogP contribution in [0.15, 0.2) is 24.3 Å². The molecule has 6 heteroatoms. The number of carbonyl (C=O) groups is 1. The number of aliphatic hydroxyl groups is 2. The first-order chi connectivity index (χ1) is 8.49. The number of hydrogen-bond donors (Lipinski definition) is 4. The molecule has 0 spiro atoms. The van der Waals surface area contributed by atoms with Crippen LogP contribution >= 0.6 is 0 Å². The lowest BCUT2D eigenvalue weighted by Crippen LogP contribution is -2.51. The molecule has 0 aliphatic heterocycles. The second-order valence-corrected chi connectivity index (χ2v) is 4.29. The molecule has 1 amide bonds. The Hall–Kier alpha value is -1.50. The topological polar surface area (TPSA) is 81.6 Å². The molecule has 0 saturated carbocycles. The maximum atomic E-state index is 12.9. The minimum absolute atomic E-state index is 0.0892. The van der Waals surface area contributed by atoms with Gasteiger partial charge in [0.25, 0.3) is 0 Å². The van der Waals surface area contributed by atoms with Crippen molar-refractivity contribution in [3.8, 4) is 0 Å². The Labute approximate surface area is 105 Å². The van der Waals surface area contributed by atoms with E-state index in [1.807, 2.05) is 0 Å². The number of carbonyl (C=O) groups excluding carboxylic acids is 1. The zero-order chi connectivity index (χ0) is 13.6. The monoisotopic (exact) mass is 256 g/mol. The summed E-state index contributed by atoms with van der Waals surface area (Å²) in [5, 5.41) is 23.3. The molecular formula is C12H17FN2O3. The summed E-state index contributed by atoms with van der Waals surface area (Å²) in [6.45, 7) is 0.907. The van der Waals surface area contributed by atoms with Gasteiger partial charge in [-0.2, -0.15) is 0 Å². The first kappa shape index (κ1) is 14.6.